The first-order chi connectivity index (χ1) is 8.90. The summed E-state index contributed by atoms with van der Waals surface area (Å²) < 4.78 is 5.75. The molecular formula is C14H26N4O. The van der Waals surface area contributed by atoms with Gasteiger partial charge in [-0.1, -0.05) is 27.7 Å². The van der Waals surface area contributed by atoms with Gasteiger partial charge in [-0.2, -0.15) is 0 Å². The van der Waals surface area contributed by atoms with Crippen LogP contribution in [0.3, 0.4) is 0 Å². The number of hydrogen-bond acceptors (Lipinski definition) is 5. The first kappa shape index (κ1) is 14.5. The Kier molecular flexibility index (Phi) is 4.26. The molecular weight excluding hydrogens is 240 g/mol. The van der Waals surface area contributed by atoms with E-state index in [0.717, 1.165) is 32.1 Å². The van der Waals surface area contributed by atoms with Gasteiger partial charge in [0.15, 0.2) is 0 Å². The molecule has 0 aliphatic carbocycles. The smallest absolute Gasteiger partial charge is 0.230 e. The predicted octanol–water partition coefficient (Wildman–Crippen LogP) is 1.78. The highest BCUT2D eigenvalue weighted by Crippen LogP contribution is 2.24. The molecule has 1 aliphatic rings. The lowest BCUT2D eigenvalue weighted by molar-refractivity contribution is 0.116. The van der Waals surface area contributed by atoms with Crippen LogP contribution in [0.4, 0.5) is 0 Å². The van der Waals surface area contributed by atoms with Crippen LogP contribution in [-0.4, -0.2) is 34.7 Å². The molecule has 5 heteroatoms. The second kappa shape index (κ2) is 5.59. The van der Waals surface area contributed by atoms with Crippen molar-refractivity contribution in [1.29, 1.82) is 0 Å². The van der Waals surface area contributed by atoms with Gasteiger partial charge < -0.3 is 10.2 Å². The fourth-order valence-electron chi connectivity index (χ4n) is 2.49. The van der Waals surface area contributed by atoms with Crippen LogP contribution < -0.4 is 5.73 Å². The van der Waals surface area contributed by atoms with E-state index in [1.54, 1.807) is 0 Å². The van der Waals surface area contributed by atoms with Crippen LogP contribution in [0.2, 0.25) is 0 Å². The molecule has 2 unspecified atom stereocenters. The van der Waals surface area contributed by atoms with Crippen molar-refractivity contribution in [3.8, 4) is 0 Å². The van der Waals surface area contributed by atoms with Crippen LogP contribution in [-0.2, 0) is 12.0 Å². The highest BCUT2D eigenvalue weighted by Gasteiger charge is 2.27. The molecule has 2 N–H and O–H groups in total. The molecule has 0 aromatic carbocycles. The van der Waals surface area contributed by atoms with Crippen molar-refractivity contribution in [2.24, 2.45) is 17.6 Å². The van der Waals surface area contributed by atoms with Gasteiger partial charge in [0, 0.05) is 12.0 Å². The molecule has 0 radical (unpaired) electrons. The Hall–Kier alpha value is -0.940. The van der Waals surface area contributed by atoms with E-state index in [0.29, 0.717) is 17.7 Å². The topological polar surface area (TPSA) is 68.2 Å². The van der Waals surface area contributed by atoms with E-state index in [9.17, 15) is 0 Å². The van der Waals surface area contributed by atoms with E-state index in [-0.39, 0.29) is 5.41 Å². The third kappa shape index (κ3) is 3.54. The highest BCUT2D eigenvalue weighted by molar-refractivity contribution is 4.96. The van der Waals surface area contributed by atoms with E-state index >= 15 is 0 Å². The number of aromatic nitrogens is 2. The molecule has 108 valence electrons. The lowest BCUT2D eigenvalue weighted by Crippen LogP contribution is -2.42. The van der Waals surface area contributed by atoms with Crippen molar-refractivity contribution in [1.82, 2.24) is 15.1 Å². The zero-order valence-electron chi connectivity index (χ0n) is 12.5. The van der Waals surface area contributed by atoms with Gasteiger partial charge in [0.05, 0.1) is 6.54 Å². The standard InChI is InChI=1S/C14H26N4O/c1-10-5-6-18(8-11(10)7-15)9-12-16-17-13(19-12)14(2,3)4/h10-11H,5-9,15H2,1-4H3. The van der Waals surface area contributed by atoms with Gasteiger partial charge in [0.1, 0.15) is 0 Å². The Bertz CT molecular complexity index is 410. The monoisotopic (exact) mass is 266 g/mol. The van der Waals surface area contributed by atoms with E-state index < -0.39 is 0 Å². The second-order valence-electron chi connectivity index (χ2n) is 6.75. The third-order valence-electron chi connectivity index (χ3n) is 3.97. The van der Waals surface area contributed by atoms with Crippen LogP contribution in [0, 0.1) is 11.8 Å². The first-order valence-electron chi connectivity index (χ1n) is 7.15. The Morgan fingerprint density at radius 1 is 1.37 bits per heavy atom. The Morgan fingerprint density at radius 2 is 2.11 bits per heavy atom. The lowest BCUT2D eigenvalue weighted by atomic mass is 9.87. The van der Waals surface area contributed by atoms with Crippen molar-refractivity contribution in [3.05, 3.63) is 11.8 Å². The third-order valence-corrected chi connectivity index (χ3v) is 3.97. The van der Waals surface area contributed by atoms with Crippen molar-refractivity contribution >= 4 is 0 Å². The van der Waals surface area contributed by atoms with E-state index in [1.807, 2.05) is 0 Å². The molecule has 0 spiro atoms. The maximum atomic E-state index is 5.83. The van der Waals surface area contributed by atoms with Gasteiger partial charge in [0.25, 0.3) is 0 Å². The summed E-state index contributed by atoms with van der Waals surface area (Å²) in [5.74, 6) is 2.73. The summed E-state index contributed by atoms with van der Waals surface area (Å²) in [6.45, 7) is 12.2. The maximum Gasteiger partial charge on any atom is 0.230 e. The number of likely N-dealkylation sites (tertiary alicyclic amines) is 1. The summed E-state index contributed by atoms with van der Waals surface area (Å²) in [6, 6.07) is 0. The number of nitrogens with two attached hydrogens (primary N) is 1. The average Bonchev–Trinajstić information content (AvgIpc) is 2.80. The highest BCUT2D eigenvalue weighted by atomic mass is 16.4. The summed E-state index contributed by atoms with van der Waals surface area (Å²) in [5.41, 5.74) is 5.75. The largest absolute Gasteiger partial charge is 0.423 e. The number of hydrogen-bond donors (Lipinski definition) is 1. The normalized spacial score (nSPS) is 25.7. The Morgan fingerprint density at radius 3 is 2.68 bits per heavy atom. The minimum Gasteiger partial charge on any atom is -0.423 e. The minimum atomic E-state index is -0.0819. The van der Waals surface area contributed by atoms with Gasteiger partial charge >= 0.3 is 0 Å². The molecule has 5 nitrogen and oxygen atoms in total. The van der Waals surface area contributed by atoms with Crippen molar-refractivity contribution in [2.45, 2.75) is 46.1 Å². The summed E-state index contributed by atoms with van der Waals surface area (Å²) in [6.07, 6.45) is 1.20. The van der Waals surface area contributed by atoms with Crippen LogP contribution in [0.25, 0.3) is 0 Å². The van der Waals surface area contributed by atoms with Crippen LogP contribution in [0.5, 0.6) is 0 Å². The number of rotatable bonds is 3. The summed E-state index contributed by atoms with van der Waals surface area (Å²) in [7, 11) is 0. The Balaban J connectivity index is 1.96. The molecule has 0 saturated carbocycles. The zero-order chi connectivity index (χ0) is 14.0. The van der Waals surface area contributed by atoms with E-state index in [1.165, 1.54) is 6.42 Å². The first-order valence-corrected chi connectivity index (χ1v) is 7.15. The van der Waals surface area contributed by atoms with Gasteiger partial charge in [-0.05, 0) is 31.3 Å². The molecule has 1 aromatic rings. The second-order valence-corrected chi connectivity index (χ2v) is 6.75. The van der Waals surface area contributed by atoms with Crippen molar-refractivity contribution in [3.63, 3.8) is 0 Å². The lowest BCUT2D eigenvalue weighted by Gasteiger charge is -2.35. The molecule has 1 aromatic heterocycles. The minimum absolute atomic E-state index is 0.0819. The molecule has 19 heavy (non-hydrogen) atoms. The molecule has 2 rings (SSSR count). The zero-order valence-corrected chi connectivity index (χ0v) is 12.5. The van der Waals surface area contributed by atoms with Gasteiger partial charge in [-0.3, -0.25) is 4.90 Å². The summed E-state index contributed by atoms with van der Waals surface area (Å²) in [5, 5.41) is 8.30. The molecule has 2 atom stereocenters. The van der Waals surface area contributed by atoms with Crippen molar-refractivity contribution in [2.75, 3.05) is 19.6 Å². The molecule has 0 bridgehead atoms. The SMILES string of the molecule is CC1CCN(Cc2nnc(C(C)(C)C)o2)CC1CN. The molecule has 1 aliphatic heterocycles. The molecule has 1 saturated heterocycles. The van der Waals surface area contributed by atoms with Crippen LogP contribution in [0.15, 0.2) is 4.42 Å². The van der Waals surface area contributed by atoms with Crippen molar-refractivity contribution < 1.29 is 4.42 Å². The predicted molar refractivity (Wildman–Crippen MR) is 74.6 cm³/mol. The quantitative estimate of drug-likeness (QED) is 0.903. The number of nitrogens with zero attached hydrogens (tertiary/aromatic N) is 3. The fraction of sp³-hybridized carbons (Fsp3) is 0.857. The van der Waals surface area contributed by atoms with Gasteiger partial charge in [0.2, 0.25) is 11.8 Å². The average molecular weight is 266 g/mol. The molecule has 2 heterocycles. The number of piperidine rings is 1. The summed E-state index contributed by atoms with van der Waals surface area (Å²) in [4.78, 5) is 2.37. The van der Waals surface area contributed by atoms with Crippen LogP contribution in [0.1, 0.15) is 45.9 Å². The van der Waals surface area contributed by atoms with Gasteiger partial charge in [-0.15, -0.1) is 10.2 Å². The van der Waals surface area contributed by atoms with Crippen LogP contribution >= 0.6 is 0 Å². The Labute approximate surface area is 115 Å². The van der Waals surface area contributed by atoms with E-state index in [2.05, 4.69) is 42.8 Å². The molecule has 0 amide bonds. The summed E-state index contributed by atoms with van der Waals surface area (Å²) >= 11 is 0. The maximum absolute atomic E-state index is 5.83. The van der Waals surface area contributed by atoms with Gasteiger partial charge in [-0.25, -0.2) is 0 Å². The molecule has 1 fully saturated rings. The fourth-order valence-corrected chi connectivity index (χ4v) is 2.49. The van der Waals surface area contributed by atoms with E-state index in [4.69, 9.17) is 10.2 Å².